The summed E-state index contributed by atoms with van der Waals surface area (Å²) in [6, 6.07) is 20.1. The molecule has 7 heteroatoms. The molecule has 1 amide bonds. The molecule has 5 rings (SSSR count). The SMILES string of the molecule is O=C(Nc1ccncc1)[C@H]1CCCN(Cc2nc3ccccc3n2-c2cccc(Br)c2)C1. The Morgan fingerprint density at radius 2 is 1.94 bits per heavy atom. The largest absolute Gasteiger partial charge is 0.326 e. The molecule has 0 spiro atoms. The van der Waals surface area contributed by atoms with Gasteiger partial charge in [-0.2, -0.15) is 0 Å². The molecular formula is C25H24BrN5O. The van der Waals surface area contributed by atoms with Gasteiger partial charge in [0.2, 0.25) is 5.91 Å². The van der Waals surface area contributed by atoms with Gasteiger partial charge in [-0.05, 0) is 61.9 Å². The molecule has 2 aromatic carbocycles. The fourth-order valence-corrected chi connectivity index (χ4v) is 4.77. The van der Waals surface area contributed by atoms with E-state index in [4.69, 9.17) is 4.98 Å². The summed E-state index contributed by atoms with van der Waals surface area (Å²) in [6.45, 7) is 2.37. The number of anilines is 1. The second-order valence-electron chi connectivity index (χ2n) is 8.13. The molecule has 0 unspecified atom stereocenters. The molecule has 0 saturated carbocycles. The van der Waals surface area contributed by atoms with Crippen LogP contribution < -0.4 is 5.32 Å². The van der Waals surface area contributed by atoms with Gasteiger partial charge in [0.15, 0.2) is 0 Å². The summed E-state index contributed by atoms with van der Waals surface area (Å²) in [4.78, 5) is 24.1. The predicted octanol–water partition coefficient (Wildman–Crippen LogP) is 5.03. The zero-order chi connectivity index (χ0) is 21.9. The highest BCUT2D eigenvalue weighted by Crippen LogP contribution is 2.26. The molecule has 0 bridgehead atoms. The fourth-order valence-electron chi connectivity index (χ4n) is 4.38. The number of pyridine rings is 1. The van der Waals surface area contributed by atoms with Gasteiger partial charge in [-0.3, -0.25) is 19.2 Å². The first-order valence-electron chi connectivity index (χ1n) is 10.8. The first kappa shape index (κ1) is 20.8. The third-order valence-electron chi connectivity index (χ3n) is 5.89. The van der Waals surface area contributed by atoms with E-state index in [1.807, 2.05) is 36.4 Å². The Hall–Kier alpha value is -3.03. The highest BCUT2D eigenvalue weighted by molar-refractivity contribution is 9.10. The molecule has 4 aromatic rings. The lowest BCUT2D eigenvalue weighted by molar-refractivity contribution is -0.121. The number of para-hydroxylation sites is 2. The van der Waals surface area contributed by atoms with Crippen molar-refractivity contribution in [1.82, 2.24) is 19.4 Å². The van der Waals surface area contributed by atoms with Crippen LogP contribution in [0.1, 0.15) is 18.7 Å². The minimum absolute atomic E-state index is 0.0411. The normalized spacial score (nSPS) is 16.8. The minimum Gasteiger partial charge on any atom is -0.326 e. The van der Waals surface area contributed by atoms with Crippen LogP contribution in [0.5, 0.6) is 0 Å². The summed E-state index contributed by atoms with van der Waals surface area (Å²) in [5, 5.41) is 3.03. The van der Waals surface area contributed by atoms with Crippen LogP contribution in [0.4, 0.5) is 5.69 Å². The minimum atomic E-state index is -0.0411. The van der Waals surface area contributed by atoms with Crippen LogP contribution in [0, 0.1) is 5.92 Å². The summed E-state index contributed by atoms with van der Waals surface area (Å²) in [5.41, 5.74) is 3.93. The Kier molecular flexibility index (Phi) is 6.01. The second-order valence-corrected chi connectivity index (χ2v) is 9.05. The maximum absolute atomic E-state index is 12.8. The van der Waals surface area contributed by atoms with Crippen molar-refractivity contribution in [3.63, 3.8) is 0 Å². The Bertz CT molecular complexity index is 1240. The van der Waals surface area contributed by atoms with Crippen LogP contribution in [0.25, 0.3) is 16.7 Å². The van der Waals surface area contributed by atoms with E-state index in [0.29, 0.717) is 6.54 Å². The van der Waals surface area contributed by atoms with Crippen molar-refractivity contribution < 1.29 is 4.79 Å². The topological polar surface area (TPSA) is 63.1 Å². The molecule has 1 aliphatic heterocycles. The zero-order valence-corrected chi connectivity index (χ0v) is 19.2. The fraction of sp³-hybridized carbons (Fsp3) is 0.240. The monoisotopic (exact) mass is 489 g/mol. The van der Waals surface area contributed by atoms with Crippen molar-refractivity contribution in [2.75, 3.05) is 18.4 Å². The zero-order valence-electron chi connectivity index (χ0n) is 17.6. The van der Waals surface area contributed by atoms with Crippen molar-refractivity contribution in [3.8, 4) is 5.69 Å². The lowest BCUT2D eigenvalue weighted by Crippen LogP contribution is -2.40. The van der Waals surface area contributed by atoms with E-state index in [-0.39, 0.29) is 11.8 Å². The first-order chi connectivity index (χ1) is 15.7. The molecule has 1 saturated heterocycles. The number of likely N-dealkylation sites (tertiary alicyclic amines) is 1. The van der Waals surface area contributed by atoms with Gasteiger partial charge in [-0.15, -0.1) is 0 Å². The van der Waals surface area contributed by atoms with Gasteiger partial charge in [0, 0.05) is 34.8 Å². The number of carbonyl (C=O) groups is 1. The average Bonchev–Trinajstić information content (AvgIpc) is 3.17. The summed E-state index contributed by atoms with van der Waals surface area (Å²) in [7, 11) is 0. The van der Waals surface area contributed by atoms with Crippen LogP contribution in [0.2, 0.25) is 0 Å². The van der Waals surface area contributed by atoms with E-state index < -0.39 is 0 Å². The summed E-state index contributed by atoms with van der Waals surface area (Å²) in [5.74, 6) is 1.02. The molecule has 1 N–H and O–H groups in total. The molecule has 3 heterocycles. The Morgan fingerprint density at radius 1 is 1.09 bits per heavy atom. The number of benzene rings is 2. The molecule has 162 valence electrons. The van der Waals surface area contributed by atoms with Crippen molar-refractivity contribution in [2.45, 2.75) is 19.4 Å². The number of hydrogen-bond acceptors (Lipinski definition) is 4. The number of piperidine rings is 1. The first-order valence-corrected chi connectivity index (χ1v) is 11.6. The number of amides is 1. The molecule has 6 nitrogen and oxygen atoms in total. The van der Waals surface area contributed by atoms with Gasteiger partial charge in [0.1, 0.15) is 5.82 Å². The Balaban J connectivity index is 1.38. The molecule has 1 aliphatic rings. The van der Waals surface area contributed by atoms with Crippen molar-refractivity contribution in [3.05, 3.63) is 83.4 Å². The number of hydrogen-bond donors (Lipinski definition) is 1. The predicted molar refractivity (Wildman–Crippen MR) is 130 cm³/mol. The van der Waals surface area contributed by atoms with Crippen molar-refractivity contribution in [1.29, 1.82) is 0 Å². The number of aromatic nitrogens is 3. The average molecular weight is 490 g/mol. The summed E-state index contributed by atoms with van der Waals surface area (Å²) in [6.07, 6.45) is 5.27. The molecule has 32 heavy (non-hydrogen) atoms. The highest BCUT2D eigenvalue weighted by Gasteiger charge is 2.27. The van der Waals surface area contributed by atoms with Gasteiger partial charge >= 0.3 is 0 Å². The number of fused-ring (bicyclic) bond motifs is 1. The van der Waals surface area contributed by atoms with E-state index in [1.165, 1.54) is 0 Å². The maximum atomic E-state index is 12.8. The van der Waals surface area contributed by atoms with Gasteiger partial charge < -0.3 is 5.32 Å². The van der Waals surface area contributed by atoms with E-state index in [9.17, 15) is 4.79 Å². The maximum Gasteiger partial charge on any atom is 0.228 e. The van der Waals surface area contributed by atoms with E-state index in [0.717, 1.165) is 58.6 Å². The molecule has 0 aliphatic carbocycles. The number of imidazole rings is 1. The Morgan fingerprint density at radius 3 is 2.78 bits per heavy atom. The van der Waals surface area contributed by atoms with Gasteiger partial charge in [-0.1, -0.05) is 34.1 Å². The molecular weight excluding hydrogens is 466 g/mol. The number of nitrogens with one attached hydrogen (secondary N) is 1. The smallest absolute Gasteiger partial charge is 0.228 e. The number of carbonyl (C=O) groups excluding carboxylic acids is 1. The van der Waals surface area contributed by atoms with Gasteiger partial charge in [0.25, 0.3) is 0 Å². The third kappa shape index (κ3) is 4.45. The van der Waals surface area contributed by atoms with Crippen LogP contribution in [0.15, 0.2) is 77.5 Å². The van der Waals surface area contributed by atoms with E-state index in [1.54, 1.807) is 12.4 Å². The second kappa shape index (κ2) is 9.22. The number of halogens is 1. The lowest BCUT2D eigenvalue weighted by atomic mass is 9.97. The summed E-state index contributed by atoms with van der Waals surface area (Å²) < 4.78 is 3.25. The van der Waals surface area contributed by atoms with Gasteiger partial charge in [-0.25, -0.2) is 4.98 Å². The Labute approximate surface area is 195 Å². The van der Waals surface area contributed by atoms with Crippen molar-refractivity contribution in [2.24, 2.45) is 5.92 Å². The molecule has 0 radical (unpaired) electrons. The number of nitrogens with zero attached hydrogens (tertiary/aromatic N) is 4. The lowest BCUT2D eigenvalue weighted by Gasteiger charge is -2.31. The van der Waals surface area contributed by atoms with Crippen molar-refractivity contribution >= 4 is 38.6 Å². The van der Waals surface area contributed by atoms with Gasteiger partial charge in [0.05, 0.1) is 23.5 Å². The molecule has 2 aromatic heterocycles. The van der Waals surface area contributed by atoms with E-state index >= 15 is 0 Å². The number of rotatable bonds is 5. The third-order valence-corrected chi connectivity index (χ3v) is 6.38. The van der Waals surface area contributed by atoms with Crippen LogP contribution >= 0.6 is 15.9 Å². The van der Waals surface area contributed by atoms with Crippen LogP contribution in [0.3, 0.4) is 0 Å². The van der Waals surface area contributed by atoms with Crippen LogP contribution in [-0.2, 0) is 11.3 Å². The standard InChI is InChI=1S/C25H24BrN5O/c26-19-6-3-7-21(15-19)31-23-9-2-1-8-22(23)29-24(31)17-30-14-4-5-18(16-30)25(32)28-20-10-12-27-13-11-20/h1-3,6-13,15,18H,4-5,14,16-17H2,(H,27,28,32)/t18-/m0/s1. The van der Waals surface area contributed by atoms with Crippen LogP contribution in [-0.4, -0.2) is 38.4 Å². The molecule has 1 fully saturated rings. The molecule has 1 atom stereocenters. The van der Waals surface area contributed by atoms with E-state index in [2.05, 4.69) is 60.0 Å². The highest BCUT2D eigenvalue weighted by atomic mass is 79.9. The quantitative estimate of drug-likeness (QED) is 0.426. The summed E-state index contributed by atoms with van der Waals surface area (Å²) >= 11 is 3.59.